The van der Waals surface area contributed by atoms with Crippen LogP contribution in [-0.2, 0) is 9.53 Å². The molecular formula is C11H15ClN2O2. The molecule has 0 fully saturated rings. The van der Waals surface area contributed by atoms with Gasteiger partial charge in [-0.15, -0.1) is 0 Å². The second-order valence-electron chi connectivity index (χ2n) is 3.41. The summed E-state index contributed by atoms with van der Waals surface area (Å²) >= 11 is 5.99. The first-order chi connectivity index (χ1) is 7.65. The topological polar surface area (TPSA) is 42.4 Å². The molecule has 0 spiro atoms. The van der Waals surface area contributed by atoms with Gasteiger partial charge in [0.15, 0.2) is 0 Å². The Morgan fingerprint density at radius 2 is 2.38 bits per heavy atom. The summed E-state index contributed by atoms with van der Waals surface area (Å²) in [5, 5.41) is 0.614. The van der Waals surface area contributed by atoms with Crippen LogP contribution in [0.1, 0.15) is 12.8 Å². The third kappa shape index (κ3) is 3.70. The predicted molar refractivity (Wildman–Crippen MR) is 63.8 cm³/mol. The minimum Gasteiger partial charge on any atom is -0.469 e. The summed E-state index contributed by atoms with van der Waals surface area (Å²) in [6, 6.07) is 3.58. The summed E-state index contributed by atoms with van der Waals surface area (Å²) in [7, 11) is 3.28. The maximum Gasteiger partial charge on any atom is 0.305 e. The van der Waals surface area contributed by atoms with Crippen molar-refractivity contribution < 1.29 is 9.53 Å². The van der Waals surface area contributed by atoms with Crippen molar-refractivity contribution in [2.24, 2.45) is 0 Å². The fraction of sp³-hybridized carbons (Fsp3) is 0.455. The van der Waals surface area contributed by atoms with Crippen LogP contribution in [0.3, 0.4) is 0 Å². The summed E-state index contributed by atoms with van der Waals surface area (Å²) in [5.41, 5.74) is 0. The monoisotopic (exact) mass is 242 g/mol. The molecule has 0 aliphatic heterocycles. The molecule has 0 saturated heterocycles. The van der Waals surface area contributed by atoms with Crippen molar-refractivity contribution in [1.29, 1.82) is 0 Å². The SMILES string of the molecule is COC(=O)CCCN(C)c1ncccc1Cl. The fourth-order valence-corrected chi connectivity index (χ4v) is 1.59. The highest BCUT2D eigenvalue weighted by Gasteiger charge is 2.07. The van der Waals surface area contributed by atoms with E-state index in [1.54, 1.807) is 18.3 Å². The largest absolute Gasteiger partial charge is 0.469 e. The van der Waals surface area contributed by atoms with Crippen LogP contribution in [-0.4, -0.2) is 31.7 Å². The van der Waals surface area contributed by atoms with E-state index in [1.165, 1.54) is 7.11 Å². The van der Waals surface area contributed by atoms with E-state index in [0.29, 0.717) is 18.0 Å². The molecule has 1 aromatic heterocycles. The molecule has 5 heteroatoms. The van der Waals surface area contributed by atoms with Gasteiger partial charge >= 0.3 is 5.97 Å². The van der Waals surface area contributed by atoms with E-state index in [1.807, 2.05) is 11.9 Å². The van der Waals surface area contributed by atoms with Crippen molar-refractivity contribution >= 4 is 23.4 Å². The smallest absolute Gasteiger partial charge is 0.305 e. The summed E-state index contributed by atoms with van der Waals surface area (Å²) < 4.78 is 4.56. The molecule has 0 unspecified atom stereocenters. The molecule has 4 nitrogen and oxygen atoms in total. The van der Waals surface area contributed by atoms with Crippen LogP contribution in [0.5, 0.6) is 0 Å². The van der Waals surface area contributed by atoms with E-state index in [9.17, 15) is 4.79 Å². The molecule has 0 bridgehead atoms. The molecule has 0 aromatic carbocycles. The van der Waals surface area contributed by atoms with E-state index < -0.39 is 0 Å². The number of esters is 1. The normalized spacial score (nSPS) is 9.94. The minimum atomic E-state index is -0.194. The van der Waals surface area contributed by atoms with Crippen LogP contribution in [0.25, 0.3) is 0 Å². The maximum atomic E-state index is 10.9. The number of nitrogens with zero attached hydrogens (tertiary/aromatic N) is 2. The second kappa shape index (κ2) is 6.33. The van der Waals surface area contributed by atoms with E-state index in [-0.39, 0.29) is 5.97 Å². The molecule has 1 rings (SSSR count). The quantitative estimate of drug-likeness (QED) is 0.742. The van der Waals surface area contributed by atoms with Crippen molar-refractivity contribution in [3.63, 3.8) is 0 Å². The van der Waals surface area contributed by atoms with Crippen LogP contribution in [0, 0.1) is 0 Å². The highest BCUT2D eigenvalue weighted by atomic mass is 35.5. The number of pyridine rings is 1. The Morgan fingerprint density at radius 1 is 1.62 bits per heavy atom. The predicted octanol–water partition coefficient (Wildman–Crippen LogP) is 2.12. The molecule has 0 atom stereocenters. The van der Waals surface area contributed by atoms with Gasteiger partial charge < -0.3 is 9.64 Å². The molecule has 0 aliphatic carbocycles. The number of ether oxygens (including phenoxy) is 1. The Morgan fingerprint density at radius 3 is 3.00 bits per heavy atom. The van der Waals surface area contributed by atoms with Gasteiger partial charge in [-0.05, 0) is 18.6 Å². The van der Waals surface area contributed by atoms with Crippen molar-refractivity contribution in [2.45, 2.75) is 12.8 Å². The molecule has 0 amide bonds. The Hall–Kier alpha value is -1.29. The van der Waals surface area contributed by atoms with Gasteiger partial charge in [-0.1, -0.05) is 11.6 Å². The van der Waals surface area contributed by atoms with Crippen LogP contribution in [0.2, 0.25) is 5.02 Å². The molecule has 0 aliphatic rings. The van der Waals surface area contributed by atoms with Gasteiger partial charge in [0.1, 0.15) is 5.82 Å². The average Bonchev–Trinajstić information content (AvgIpc) is 2.29. The molecule has 0 N–H and O–H groups in total. The number of rotatable bonds is 5. The lowest BCUT2D eigenvalue weighted by Crippen LogP contribution is -2.20. The molecule has 1 heterocycles. The van der Waals surface area contributed by atoms with Crippen molar-refractivity contribution in [3.05, 3.63) is 23.4 Å². The zero-order valence-electron chi connectivity index (χ0n) is 9.44. The lowest BCUT2D eigenvalue weighted by Gasteiger charge is -2.18. The van der Waals surface area contributed by atoms with E-state index >= 15 is 0 Å². The molecular weight excluding hydrogens is 228 g/mol. The number of carbonyl (C=O) groups is 1. The summed E-state index contributed by atoms with van der Waals surface area (Å²) in [6.45, 7) is 0.714. The van der Waals surface area contributed by atoms with E-state index in [4.69, 9.17) is 11.6 Å². The molecule has 16 heavy (non-hydrogen) atoms. The Bertz CT molecular complexity index is 358. The number of aromatic nitrogens is 1. The molecule has 0 radical (unpaired) electrons. The van der Waals surface area contributed by atoms with Crippen LogP contribution >= 0.6 is 11.6 Å². The third-order valence-electron chi connectivity index (χ3n) is 2.20. The lowest BCUT2D eigenvalue weighted by atomic mass is 10.3. The number of methoxy groups -OCH3 is 1. The van der Waals surface area contributed by atoms with Gasteiger partial charge in [0, 0.05) is 26.2 Å². The second-order valence-corrected chi connectivity index (χ2v) is 3.82. The Balaban J connectivity index is 2.44. The highest BCUT2D eigenvalue weighted by molar-refractivity contribution is 6.32. The third-order valence-corrected chi connectivity index (χ3v) is 2.50. The van der Waals surface area contributed by atoms with Gasteiger partial charge in [-0.2, -0.15) is 0 Å². The van der Waals surface area contributed by atoms with Gasteiger partial charge in [-0.3, -0.25) is 4.79 Å². The zero-order chi connectivity index (χ0) is 12.0. The molecule has 1 aromatic rings. The maximum absolute atomic E-state index is 10.9. The molecule has 0 saturated carbocycles. The zero-order valence-corrected chi connectivity index (χ0v) is 10.2. The van der Waals surface area contributed by atoms with Gasteiger partial charge in [0.05, 0.1) is 12.1 Å². The van der Waals surface area contributed by atoms with Gasteiger partial charge in [0.25, 0.3) is 0 Å². The lowest BCUT2D eigenvalue weighted by molar-refractivity contribution is -0.140. The van der Waals surface area contributed by atoms with E-state index in [2.05, 4.69) is 9.72 Å². The summed E-state index contributed by atoms with van der Waals surface area (Å²) in [4.78, 5) is 17.0. The van der Waals surface area contributed by atoms with Crippen LogP contribution in [0.15, 0.2) is 18.3 Å². The van der Waals surface area contributed by atoms with E-state index in [0.717, 1.165) is 12.2 Å². The number of hydrogen-bond acceptors (Lipinski definition) is 4. The number of halogens is 1. The van der Waals surface area contributed by atoms with Crippen molar-refractivity contribution in [1.82, 2.24) is 4.98 Å². The Labute approximate surface area is 100 Å². The fourth-order valence-electron chi connectivity index (χ4n) is 1.33. The average molecular weight is 243 g/mol. The first-order valence-corrected chi connectivity index (χ1v) is 5.41. The van der Waals surface area contributed by atoms with Gasteiger partial charge in [-0.25, -0.2) is 4.98 Å². The van der Waals surface area contributed by atoms with Gasteiger partial charge in [0.2, 0.25) is 0 Å². The molecule has 88 valence electrons. The van der Waals surface area contributed by atoms with Crippen LogP contribution < -0.4 is 4.90 Å². The highest BCUT2D eigenvalue weighted by Crippen LogP contribution is 2.21. The number of hydrogen-bond donors (Lipinski definition) is 0. The minimum absolute atomic E-state index is 0.194. The van der Waals surface area contributed by atoms with Crippen LogP contribution in [0.4, 0.5) is 5.82 Å². The standard InChI is InChI=1S/C11H15ClN2O2/c1-14(8-4-6-10(15)16-2)11-9(12)5-3-7-13-11/h3,5,7H,4,6,8H2,1-2H3. The first kappa shape index (κ1) is 12.8. The Kier molecular flexibility index (Phi) is 5.05. The van der Waals surface area contributed by atoms with Crippen molar-refractivity contribution in [3.8, 4) is 0 Å². The van der Waals surface area contributed by atoms with Crippen molar-refractivity contribution in [2.75, 3.05) is 25.6 Å². The summed E-state index contributed by atoms with van der Waals surface area (Å²) in [6.07, 6.45) is 2.82. The summed E-state index contributed by atoms with van der Waals surface area (Å²) in [5.74, 6) is 0.537. The number of anilines is 1. The first-order valence-electron chi connectivity index (χ1n) is 5.03. The number of carbonyl (C=O) groups excluding carboxylic acids is 1.